The molecular formula is C17H31N3O. The molecule has 3 fully saturated rings. The van der Waals surface area contributed by atoms with Gasteiger partial charge in [0, 0.05) is 18.6 Å². The fourth-order valence-electron chi connectivity index (χ4n) is 4.49. The van der Waals surface area contributed by atoms with Crippen LogP contribution < -0.4 is 5.32 Å². The number of amides is 1. The number of hydrogen-bond acceptors (Lipinski definition) is 3. The van der Waals surface area contributed by atoms with Crippen LogP contribution in [0.25, 0.3) is 0 Å². The first-order valence-electron chi connectivity index (χ1n) is 8.81. The zero-order valence-electron chi connectivity index (χ0n) is 14.0. The molecule has 4 atom stereocenters. The van der Waals surface area contributed by atoms with E-state index in [0.717, 1.165) is 12.5 Å². The molecule has 120 valence electrons. The van der Waals surface area contributed by atoms with E-state index in [9.17, 15) is 4.79 Å². The van der Waals surface area contributed by atoms with E-state index in [0.29, 0.717) is 23.8 Å². The molecule has 4 unspecified atom stereocenters. The van der Waals surface area contributed by atoms with Crippen LogP contribution in [0.1, 0.15) is 53.4 Å². The Morgan fingerprint density at radius 1 is 1.05 bits per heavy atom. The van der Waals surface area contributed by atoms with Gasteiger partial charge in [0.2, 0.25) is 5.91 Å². The molecule has 3 heterocycles. The highest BCUT2D eigenvalue weighted by Crippen LogP contribution is 2.33. The number of carbonyl (C=O) groups excluding carboxylic acids is 1. The monoisotopic (exact) mass is 293 g/mol. The van der Waals surface area contributed by atoms with Gasteiger partial charge < -0.3 is 9.80 Å². The molecular weight excluding hydrogens is 262 g/mol. The summed E-state index contributed by atoms with van der Waals surface area (Å²) < 4.78 is 0. The highest BCUT2D eigenvalue weighted by molar-refractivity contribution is 5.85. The lowest BCUT2D eigenvalue weighted by Crippen LogP contribution is -2.53. The van der Waals surface area contributed by atoms with Crippen LogP contribution in [0, 0.1) is 11.8 Å². The van der Waals surface area contributed by atoms with E-state index >= 15 is 0 Å². The molecule has 3 saturated heterocycles. The normalized spacial score (nSPS) is 37.8. The van der Waals surface area contributed by atoms with Crippen LogP contribution in [0.4, 0.5) is 0 Å². The Morgan fingerprint density at radius 2 is 1.81 bits per heavy atom. The summed E-state index contributed by atoms with van der Waals surface area (Å²) in [6.07, 6.45) is 5.22. The molecule has 0 aromatic rings. The first kappa shape index (κ1) is 15.3. The van der Waals surface area contributed by atoms with E-state index < -0.39 is 0 Å². The third-order valence-corrected chi connectivity index (χ3v) is 5.65. The van der Waals surface area contributed by atoms with Crippen molar-refractivity contribution in [2.75, 3.05) is 13.1 Å². The lowest BCUT2D eigenvalue weighted by Gasteiger charge is -2.42. The first-order chi connectivity index (χ1) is 9.99. The Labute approximate surface area is 129 Å². The molecule has 21 heavy (non-hydrogen) atoms. The van der Waals surface area contributed by atoms with E-state index in [2.05, 4.69) is 42.8 Å². The number of nitrogens with zero attached hydrogens (tertiary/aromatic N) is 2. The summed E-state index contributed by atoms with van der Waals surface area (Å²) >= 11 is 0. The van der Waals surface area contributed by atoms with Crippen molar-refractivity contribution in [2.24, 2.45) is 11.8 Å². The van der Waals surface area contributed by atoms with Crippen LogP contribution in [0.3, 0.4) is 0 Å². The van der Waals surface area contributed by atoms with Crippen molar-refractivity contribution in [3.63, 3.8) is 0 Å². The summed E-state index contributed by atoms with van der Waals surface area (Å²) in [7, 11) is 0. The van der Waals surface area contributed by atoms with Crippen molar-refractivity contribution < 1.29 is 4.79 Å². The number of hydrogen-bond donors (Lipinski definition) is 1. The predicted molar refractivity (Wildman–Crippen MR) is 84.9 cm³/mol. The van der Waals surface area contributed by atoms with Crippen molar-refractivity contribution in [3.8, 4) is 0 Å². The molecule has 1 N–H and O–H groups in total. The van der Waals surface area contributed by atoms with Crippen LogP contribution in [0.2, 0.25) is 0 Å². The van der Waals surface area contributed by atoms with Gasteiger partial charge in [-0.25, -0.2) is 0 Å². The Kier molecular flexibility index (Phi) is 4.28. The molecule has 0 radical (unpaired) electrons. The summed E-state index contributed by atoms with van der Waals surface area (Å²) in [5.41, 5.74) is 0. The molecule has 4 nitrogen and oxygen atoms in total. The first-order valence-corrected chi connectivity index (χ1v) is 8.81. The van der Waals surface area contributed by atoms with Crippen LogP contribution in [0.15, 0.2) is 0 Å². The molecule has 0 saturated carbocycles. The van der Waals surface area contributed by atoms with E-state index in [4.69, 9.17) is 0 Å². The SMILES string of the molecule is CC(C)C1NC(C(C)C)N(C2CCN3CCCC3C2)C1=O. The smallest absolute Gasteiger partial charge is 0.241 e. The quantitative estimate of drug-likeness (QED) is 0.865. The summed E-state index contributed by atoms with van der Waals surface area (Å²) in [5, 5.41) is 3.61. The highest BCUT2D eigenvalue weighted by atomic mass is 16.2. The second kappa shape index (κ2) is 5.88. The van der Waals surface area contributed by atoms with Gasteiger partial charge in [0.05, 0.1) is 12.2 Å². The molecule has 0 spiro atoms. The fourth-order valence-corrected chi connectivity index (χ4v) is 4.49. The van der Waals surface area contributed by atoms with Gasteiger partial charge in [0.25, 0.3) is 0 Å². The third-order valence-electron chi connectivity index (χ3n) is 5.65. The molecule has 0 aromatic heterocycles. The lowest BCUT2D eigenvalue weighted by atomic mass is 9.94. The van der Waals surface area contributed by atoms with Crippen molar-refractivity contribution in [2.45, 2.75) is 77.7 Å². The third kappa shape index (κ3) is 2.72. The van der Waals surface area contributed by atoms with Crippen LogP contribution in [0.5, 0.6) is 0 Å². The van der Waals surface area contributed by atoms with Crippen LogP contribution in [-0.4, -0.2) is 53.1 Å². The second-order valence-electron chi connectivity index (χ2n) is 7.83. The minimum atomic E-state index is 0.0130. The standard InChI is InChI=1S/C17H31N3O/c1-11(2)15-17(21)20(16(18-15)12(3)4)14-7-9-19-8-5-6-13(19)10-14/h11-16,18H,5-10H2,1-4H3. The molecule has 3 aliphatic rings. The highest BCUT2D eigenvalue weighted by Gasteiger charge is 2.46. The van der Waals surface area contributed by atoms with Crippen LogP contribution >= 0.6 is 0 Å². The van der Waals surface area contributed by atoms with E-state index in [-0.39, 0.29) is 12.2 Å². The fraction of sp³-hybridized carbons (Fsp3) is 0.941. The number of nitrogens with one attached hydrogen (secondary N) is 1. The summed E-state index contributed by atoms with van der Waals surface area (Å²) in [6, 6.07) is 1.18. The van der Waals surface area contributed by atoms with Gasteiger partial charge in [0.1, 0.15) is 0 Å². The molecule has 0 aromatic carbocycles. The van der Waals surface area contributed by atoms with E-state index in [1.54, 1.807) is 0 Å². The zero-order chi connectivity index (χ0) is 15.1. The van der Waals surface area contributed by atoms with Gasteiger partial charge >= 0.3 is 0 Å². The largest absolute Gasteiger partial charge is 0.322 e. The Morgan fingerprint density at radius 3 is 2.48 bits per heavy atom. The molecule has 3 aliphatic heterocycles. The topological polar surface area (TPSA) is 35.6 Å². The number of rotatable bonds is 3. The Hall–Kier alpha value is -0.610. The van der Waals surface area contributed by atoms with Crippen LogP contribution in [-0.2, 0) is 4.79 Å². The molecule has 3 rings (SSSR count). The number of piperidine rings is 1. The molecule has 1 amide bonds. The summed E-state index contributed by atoms with van der Waals surface area (Å²) in [6.45, 7) is 11.2. The summed E-state index contributed by atoms with van der Waals surface area (Å²) in [4.78, 5) is 17.8. The van der Waals surface area contributed by atoms with Gasteiger partial charge in [-0.15, -0.1) is 0 Å². The van der Waals surface area contributed by atoms with E-state index in [1.165, 1.54) is 32.4 Å². The molecule has 0 bridgehead atoms. The molecule has 0 aliphatic carbocycles. The van der Waals surface area contributed by atoms with Crippen molar-refractivity contribution in [1.82, 2.24) is 15.1 Å². The van der Waals surface area contributed by atoms with Gasteiger partial charge in [-0.2, -0.15) is 0 Å². The van der Waals surface area contributed by atoms with Gasteiger partial charge in [-0.3, -0.25) is 10.1 Å². The van der Waals surface area contributed by atoms with Gasteiger partial charge in [0.15, 0.2) is 0 Å². The number of fused-ring (bicyclic) bond motifs is 1. The predicted octanol–water partition coefficient (Wildman–Crippen LogP) is 2.05. The minimum Gasteiger partial charge on any atom is -0.322 e. The van der Waals surface area contributed by atoms with Gasteiger partial charge in [-0.05, 0) is 44.1 Å². The van der Waals surface area contributed by atoms with Gasteiger partial charge in [-0.1, -0.05) is 27.7 Å². The van der Waals surface area contributed by atoms with Crippen molar-refractivity contribution in [3.05, 3.63) is 0 Å². The summed E-state index contributed by atoms with van der Waals surface area (Å²) in [5.74, 6) is 1.19. The Bertz CT molecular complexity index is 395. The molecule has 4 heteroatoms. The van der Waals surface area contributed by atoms with Crippen molar-refractivity contribution >= 4 is 5.91 Å². The number of carbonyl (C=O) groups is 1. The minimum absolute atomic E-state index is 0.0130. The second-order valence-corrected chi connectivity index (χ2v) is 7.83. The average Bonchev–Trinajstić information content (AvgIpc) is 3.01. The maximum absolute atomic E-state index is 12.9. The zero-order valence-corrected chi connectivity index (χ0v) is 14.0. The van der Waals surface area contributed by atoms with E-state index in [1.807, 2.05) is 0 Å². The maximum Gasteiger partial charge on any atom is 0.241 e. The lowest BCUT2D eigenvalue weighted by molar-refractivity contribution is -0.134. The Balaban J connectivity index is 1.76. The maximum atomic E-state index is 12.9. The van der Waals surface area contributed by atoms with Crippen molar-refractivity contribution in [1.29, 1.82) is 0 Å². The average molecular weight is 293 g/mol.